The lowest BCUT2D eigenvalue weighted by atomic mass is 9.88. The zero-order valence-electron chi connectivity index (χ0n) is 15.7. The molecule has 0 fully saturated rings. The fourth-order valence-corrected chi connectivity index (χ4v) is 5.74. The molecule has 0 saturated heterocycles. The number of aromatic amines is 1. The molecule has 0 spiro atoms. The molecule has 0 unspecified atom stereocenters. The summed E-state index contributed by atoms with van der Waals surface area (Å²) in [5, 5.41) is 6.53. The van der Waals surface area contributed by atoms with Crippen LogP contribution in [0.3, 0.4) is 0 Å². The summed E-state index contributed by atoms with van der Waals surface area (Å²) < 4.78 is 1.11. The van der Waals surface area contributed by atoms with E-state index in [0.29, 0.717) is 11.1 Å². The van der Waals surface area contributed by atoms with Gasteiger partial charge in [-0.1, -0.05) is 30.3 Å². The van der Waals surface area contributed by atoms with Gasteiger partial charge in [0.2, 0.25) is 0 Å². The molecule has 1 aliphatic heterocycles. The highest BCUT2D eigenvalue weighted by Crippen LogP contribution is 2.40. The van der Waals surface area contributed by atoms with E-state index in [9.17, 15) is 9.59 Å². The van der Waals surface area contributed by atoms with E-state index in [0.717, 1.165) is 45.0 Å². The Bertz CT molecular complexity index is 1380. The highest BCUT2D eigenvalue weighted by molar-refractivity contribution is 7.17. The van der Waals surface area contributed by atoms with Crippen LogP contribution in [0.5, 0.6) is 0 Å². The number of benzene rings is 2. The van der Waals surface area contributed by atoms with Crippen LogP contribution in [0.4, 0.5) is 0 Å². The van der Waals surface area contributed by atoms with Crippen LogP contribution in [0.25, 0.3) is 32.1 Å². The SMILES string of the molecule is O=C1NC(=O)C(c2c[nH]c3c4c(ccc23)CCCC4)=C1c1csc2ccccc12.[HH].[HH]. The zero-order valence-corrected chi connectivity index (χ0v) is 16.5. The standard InChI is InChI=1S/C24H18N2O2S.2H2/c27-23-20(17-11-25-22-14-6-2-1-5-13(14)9-10-16(17)22)21(24(28)26-23)18-12-29-19-8-4-3-7-15(18)19;;/h3-4,7-12,25H,1-2,5-6H2,(H,26,27,28);2*1H. The average Bonchev–Trinajstić information content (AvgIpc) is 3.42. The molecule has 0 bridgehead atoms. The number of amides is 2. The van der Waals surface area contributed by atoms with E-state index in [1.54, 1.807) is 11.3 Å². The molecule has 2 amide bonds. The Labute approximate surface area is 174 Å². The third kappa shape index (κ3) is 2.37. The second-order valence-corrected chi connectivity index (χ2v) is 8.63. The number of fused-ring (bicyclic) bond motifs is 4. The van der Waals surface area contributed by atoms with Crippen LogP contribution in [0.1, 0.15) is 37.9 Å². The van der Waals surface area contributed by atoms with Crippen molar-refractivity contribution in [3.63, 3.8) is 0 Å². The minimum absolute atomic E-state index is 0. The van der Waals surface area contributed by atoms with E-state index < -0.39 is 0 Å². The maximum Gasteiger partial charge on any atom is 0.259 e. The quantitative estimate of drug-likeness (QED) is 0.446. The van der Waals surface area contributed by atoms with Crippen molar-refractivity contribution in [2.75, 3.05) is 0 Å². The van der Waals surface area contributed by atoms with E-state index >= 15 is 0 Å². The molecule has 4 nitrogen and oxygen atoms in total. The van der Waals surface area contributed by atoms with Crippen molar-refractivity contribution in [1.82, 2.24) is 10.3 Å². The monoisotopic (exact) mass is 402 g/mol. The normalized spacial score (nSPS) is 16.7. The molecule has 146 valence electrons. The summed E-state index contributed by atoms with van der Waals surface area (Å²) in [6.45, 7) is 0. The number of carbonyl (C=O) groups is 2. The Kier molecular flexibility index (Phi) is 3.56. The maximum absolute atomic E-state index is 12.9. The molecule has 0 saturated carbocycles. The van der Waals surface area contributed by atoms with Crippen LogP contribution in [0, 0.1) is 0 Å². The van der Waals surface area contributed by atoms with E-state index in [2.05, 4.69) is 22.4 Å². The summed E-state index contributed by atoms with van der Waals surface area (Å²) in [5.41, 5.74) is 6.44. The van der Waals surface area contributed by atoms with Gasteiger partial charge in [0, 0.05) is 46.5 Å². The van der Waals surface area contributed by atoms with E-state index in [1.165, 1.54) is 24.0 Å². The van der Waals surface area contributed by atoms with Gasteiger partial charge in [0.1, 0.15) is 0 Å². The molecule has 2 aliphatic rings. The lowest BCUT2D eigenvalue weighted by molar-refractivity contribution is -0.122. The molecule has 0 atom stereocenters. The molecule has 2 aromatic carbocycles. The van der Waals surface area contributed by atoms with Gasteiger partial charge in [0.25, 0.3) is 11.8 Å². The Hall–Kier alpha value is -3.18. The topological polar surface area (TPSA) is 62.0 Å². The predicted molar refractivity (Wildman–Crippen MR) is 121 cm³/mol. The predicted octanol–water partition coefficient (Wildman–Crippen LogP) is 5.32. The summed E-state index contributed by atoms with van der Waals surface area (Å²) in [5.74, 6) is -0.639. The summed E-state index contributed by atoms with van der Waals surface area (Å²) in [6, 6.07) is 12.3. The summed E-state index contributed by atoms with van der Waals surface area (Å²) in [7, 11) is 0. The number of imide groups is 1. The molecule has 2 N–H and O–H groups in total. The Morgan fingerprint density at radius 1 is 0.862 bits per heavy atom. The molecule has 0 radical (unpaired) electrons. The fourth-order valence-electron chi connectivity index (χ4n) is 4.79. The van der Waals surface area contributed by atoms with Crippen LogP contribution in [-0.2, 0) is 22.4 Å². The first-order chi connectivity index (χ1) is 14.2. The minimum atomic E-state index is -0.320. The van der Waals surface area contributed by atoms with Gasteiger partial charge in [0.05, 0.1) is 11.1 Å². The van der Waals surface area contributed by atoms with Gasteiger partial charge in [-0.2, -0.15) is 0 Å². The molecule has 2 aromatic heterocycles. The number of rotatable bonds is 2. The first-order valence-corrected chi connectivity index (χ1v) is 10.8. The molecule has 3 heterocycles. The van der Waals surface area contributed by atoms with Gasteiger partial charge < -0.3 is 4.98 Å². The number of hydrogen-bond donors (Lipinski definition) is 2. The van der Waals surface area contributed by atoms with E-state index in [1.807, 2.05) is 35.8 Å². The lowest BCUT2D eigenvalue weighted by Crippen LogP contribution is -2.22. The van der Waals surface area contributed by atoms with Crippen LogP contribution in [0.2, 0.25) is 0 Å². The summed E-state index contributed by atoms with van der Waals surface area (Å²) in [6.07, 6.45) is 6.46. The van der Waals surface area contributed by atoms with Crippen molar-refractivity contribution in [2.45, 2.75) is 25.7 Å². The maximum atomic E-state index is 12.9. The Balaban J connectivity index is 0.00000116. The van der Waals surface area contributed by atoms with Crippen molar-refractivity contribution in [3.05, 3.63) is 70.2 Å². The molecular weight excluding hydrogens is 380 g/mol. The Morgan fingerprint density at radius 2 is 1.66 bits per heavy atom. The number of nitrogens with one attached hydrogen (secondary N) is 2. The highest BCUT2D eigenvalue weighted by atomic mass is 32.1. The molecular formula is C24H22N2O2S. The van der Waals surface area contributed by atoms with Crippen LogP contribution < -0.4 is 5.32 Å². The molecule has 5 heteroatoms. The number of aryl methyl sites for hydroxylation is 2. The number of aromatic nitrogens is 1. The average molecular weight is 403 g/mol. The molecule has 29 heavy (non-hydrogen) atoms. The van der Waals surface area contributed by atoms with Gasteiger partial charge >= 0.3 is 0 Å². The van der Waals surface area contributed by atoms with Crippen LogP contribution in [0.15, 0.2) is 48.0 Å². The molecule has 6 rings (SSSR count). The van der Waals surface area contributed by atoms with Crippen molar-refractivity contribution < 1.29 is 12.4 Å². The van der Waals surface area contributed by atoms with Gasteiger partial charge in [-0.05, 0) is 42.9 Å². The summed E-state index contributed by atoms with van der Waals surface area (Å²) in [4.78, 5) is 29.1. The highest BCUT2D eigenvalue weighted by Gasteiger charge is 2.34. The first-order valence-electron chi connectivity index (χ1n) is 9.91. The van der Waals surface area contributed by atoms with E-state index in [4.69, 9.17) is 0 Å². The lowest BCUT2D eigenvalue weighted by Gasteiger charge is -2.16. The van der Waals surface area contributed by atoms with Gasteiger partial charge in [0.15, 0.2) is 0 Å². The van der Waals surface area contributed by atoms with Gasteiger partial charge in [-0.15, -0.1) is 11.3 Å². The smallest absolute Gasteiger partial charge is 0.259 e. The van der Waals surface area contributed by atoms with Crippen LogP contribution in [-0.4, -0.2) is 16.8 Å². The number of hydrogen-bond acceptors (Lipinski definition) is 3. The second-order valence-electron chi connectivity index (χ2n) is 7.71. The minimum Gasteiger partial charge on any atom is -0.360 e. The van der Waals surface area contributed by atoms with Crippen molar-refractivity contribution >= 4 is 55.3 Å². The van der Waals surface area contributed by atoms with Crippen molar-refractivity contribution in [2.24, 2.45) is 0 Å². The third-order valence-electron chi connectivity index (χ3n) is 6.13. The van der Waals surface area contributed by atoms with E-state index in [-0.39, 0.29) is 14.7 Å². The second kappa shape index (κ2) is 6.16. The fraction of sp³-hybridized carbons (Fsp3) is 0.167. The first kappa shape index (κ1) is 16.7. The van der Waals surface area contributed by atoms with Crippen molar-refractivity contribution in [3.8, 4) is 0 Å². The Morgan fingerprint density at radius 3 is 2.55 bits per heavy atom. The number of H-pyrrole nitrogens is 1. The zero-order chi connectivity index (χ0) is 19.5. The third-order valence-corrected chi connectivity index (χ3v) is 7.10. The number of thiophene rings is 1. The van der Waals surface area contributed by atoms with Crippen LogP contribution >= 0.6 is 11.3 Å². The van der Waals surface area contributed by atoms with Gasteiger partial charge in [-0.25, -0.2) is 0 Å². The van der Waals surface area contributed by atoms with Gasteiger partial charge in [-0.3, -0.25) is 14.9 Å². The van der Waals surface area contributed by atoms with Crippen molar-refractivity contribution in [1.29, 1.82) is 0 Å². The molecule has 4 aromatic rings. The summed E-state index contributed by atoms with van der Waals surface area (Å²) >= 11 is 1.59. The molecule has 1 aliphatic carbocycles. The largest absolute Gasteiger partial charge is 0.360 e. The number of carbonyl (C=O) groups excluding carboxylic acids is 2.